The van der Waals surface area contributed by atoms with E-state index in [1.165, 1.54) is 0 Å². The van der Waals surface area contributed by atoms with Gasteiger partial charge in [0.15, 0.2) is 5.82 Å². The van der Waals surface area contributed by atoms with Crippen molar-refractivity contribution in [1.82, 2.24) is 19.9 Å². The predicted octanol–water partition coefficient (Wildman–Crippen LogP) is 4.58. The van der Waals surface area contributed by atoms with Crippen LogP contribution in [0.2, 0.25) is 0 Å². The summed E-state index contributed by atoms with van der Waals surface area (Å²) >= 11 is 3.45. The SMILES string of the molecule is CCNC(=O)c1cc(Nc2nc(Br)cc3ncn(C(C)C)c23)ccc1C. The lowest BCUT2D eigenvalue weighted by molar-refractivity contribution is 0.0955. The Bertz CT molecular complexity index is 964. The summed E-state index contributed by atoms with van der Waals surface area (Å²) in [6.07, 6.45) is 1.82. The molecule has 2 aromatic heterocycles. The second kappa shape index (κ2) is 7.45. The minimum Gasteiger partial charge on any atom is -0.352 e. The number of benzene rings is 1. The van der Waals surface area contributed by atoms with Crippen LogP contribution in [0.5, 0.6) is 0 Å². The third-order valence-corrected chi connectivity index (χ3v) is 4.57. The summed E-state index contributed by atoms with van der Waals surface area (Å²) in [5, 5.41) is 6.20. The molecule has 3 rings (SSSR count). The molecule has 0 aliphatic rings. The number of nitrogens with one attached hydrogen (secondary N) is 2. The fraction of sp³-hybridized carbons (Fsp3) is 0.316. The van der Waals surface area contributed by atoms with E-state index < -0.39 is 0 Å². The van der Waals surface area contributed by atoms with Gasteiger partial charge in [-0.15, -0.1) is 0 Å². The Labute approximate surface area is 161 Å². The number of halogens is 1. The molecule has 2 N–H and O–H groups in total. The second-order valence-corrected chi connectivity index (χ2v) is 7.23. The van der Waals surface area contributed by atoms with Crippen LogP contribution < -0.4 is 10.6 Å². The van der Waals surface area contributed by atoms with Crippen LogP contribution in [0, 0.1) is 6.92 Å². The number of rotatable bonds is 5. The zero-order chi connectivity index (χ0) is 18.8. The molecule has 0 radical (unpaired) electrons. The molecule has 6 nitrogen and oxygen atoms in total. The summed E-state index contributed by atoms with van der Waals surface area (Å²) in [4.78, 5) is 21.3. The van der Waals surface area contributed by atoms with Crippen LogP contribution in [0.3, 0.4) is 0 Å². The number of amides is 1. The summed E-state index contributed by atoms with van der Waals surface area (Å²) in [6.45, 7) is 8.64. The highest BCUT2D eigenvalue weighted by molar-refractivity contribution is 9.10. The third kappa shape index (κ3) is 3.58. The fourth-order valence-electron chi connectivity index (χ4n) is 2.85. The van der Waals surface area contributed by atoms with Crippen molar-refractivity contribution in [2.75, 3.05) is 11.9 Å². The average Bonchev–Trinajstić information content (AvgIpc) is 3.01. The van der Waals surface area contributed by atoms with E-state index in [1.54, 1.807) is 0 Å². The van der Waals surface area contributed by atoms with Gasteiger partial charge < -0.3 is 15.2 Å². The molecule has 0 fully saturated rings. The molecule has 0 aliphatic heterocycles. The maximum Gasteiger partial charge on any atom is 0.251 e. The van der Waals surface area contributed by atoms with Gasteiger partial charge in [0.2, 0.25) is 0 Å². The third-order valence-electron chi connectivity index (χ3n) is 4.16. The number of pyridine rings is 1. The molecule has 0 saturated heterocycles. The summed E-state index contributed by atoms with van der Waals surface area (Å²) in [7, 11) is 0. The molecule has 2 heterocycles. The number of hydrogen-bond acceptors (Lipinski definition) is 4. The summed E-state index contributed by atoms with van der Waals surface area (Å²) in [6, 6.07) is 7.89. The second-order valence-electron chi connectivity index (χ2n) is 6.42. The number of hydrogen-bond donors (Lipinski definition) is 2. The normalized spacial score (nSPS) is 11.2. The Morgan fingerprint density at radius 1 is 1.31 bits per heavy atom. The maximum absolute atomic E-state index is 12.3. The van der Waals surface area contributed by atoms with E-state index in [9.17, 15) is 4.79 Å². The van der Waals surface area contributed by atoms with E-state index in [2.05, 4.69) is 54.9 Å². The van der Waals surface area contributed by atoms with Crippen molar-refractivity contribution in [3.8, 4) is 0 Å². The van der Waals surface area contributed by atoms with Crippen molar-refractivity contribution in [2.45, 2.75) is 33.7 Å². The highest BCUT2D eigenvalue weighted by Gasteiger charge is 2.15. The number of carbonyl (C=O) groups is 1. The molecule has 0 aliphatic carbocycles. The molecule has 3 aromatic rings. The quantitative estimate of drug-likeness (QED) is 0.598. The van der Waals surface area contributed by atoms with E-state index >= 15 is 0 Å². The van der Waals surface area contributed by atoms with Gasteiger partial charge in [-0.2, -0.15) is 0 Å². The topological polar surface area (TPSA) is 71.8 Å². The number of nitrogens with zero attached hydrogens (tertiary/aromatic N) is 3. The monoisotopic (exact) mass is 415 g/mol. The molecular formula is C19H22BrN5O. The number of fused-ring (bicyclic) bond motifs is 1. The van der Waals surface area contributed by atoms with Gasteiger partial charge in [0, 0.05) is 23.8 Å². The standard InChI is InChI=1S/C19H22BrN5O/c1-5-21-19(26)14-8-13(7-6-12(14)4)23-18-17-15(9-16(20)24-18)22-10-25(17)11(2)3/h6-11H,5H2,1-4H3,(H,21,26)(H,23,24). The lowest BCUT2D eigenvalue weighted by atomic mass is 10.1. The van der Waals surface area contributed by atoms with Crippen molar-refractivity contribution in [1.29, 1.82) is 0 Å². The van der Waals surface area contributed by atoms with Gasteiger partial charge in [-0.3, -0.25) is 4.79 Å². The van der Waals surface area contributed by atoms with Gasteiger partial charge in [0.1, 0.15) is 10.1 Å². The van der Waals surface area contributed by atoms with E-state index in [4.69, 9.17) is 0 Å². The Hall–Kier alpha value is -2.41. The average molecular weight is 416 g/mol. The van der Waals surface area contributed by atoms with Crippen molar-refractivity contribution >= 4 is 44.4 Å². The minimum atomic E-state index is -0.0757. The van der Waals surface area contributed by atoms with Gasteiger partial charge in [-0.1, -0.05) is 6.07 Å². The highest BCUT2D eigenvalue weighted by Crippen LogP contribution is 2.29. The van der Waals surface area contributed by atoms with Crippen LogP contribution >= 0.6 is 15.9 Å². The van der Waals surface area contributed by atoms with Crippen molar-refractivity contribution in [2.24, 2.45) is 0 Å². The number of aryl methyl sites for hydroxylation is 1. The molecule has 0 spiro atoms. The lowest BCUT2D eigenvalue weighted by Crippen LogP contribution is -2.23. The van der Waals surface area contributed by atoms with Crippen molar-refractivity contribution in [3.05, 3.63) is 46.3 Å². The van der Waals surface area contributed by atoms with E-state index in [1.807, 2.05) is 44.4 Å². The van der Waals surface area contributed by atoms with Gasteiger partial charge >= 0.3 is 0 Å². The van der Waals surface area contributed by atoms with Gasteiger partial charge in [-0.25, -0.2) is 9.97 Å². The summed E-state index contributed by atoms with van der Waals surface area (Å²) < 4.78 is 2.79. The van der Waals surface area contributed by atoms with E-state index in [0.29, 0.717) is 22.5 Å². The Morgan fingerprint density at radius 2 is 2.08 bits per heavy atom. The molecule has 1 aromatic carbocycles. The van der Waals surface area contributed by atoms with Crippen LogP contribution in [-0.2, 0) is 0 Å². The van der Waals surface area contributed by atoms with Gasteiger partial charge in [-0.05, 0) is 67.4 Å². The summed E-state index contributed by atoms with van der Waals surface area (Å²) in [5.41, 5.74) is 4.18. The van der Waals surface area contributed by atoms with Crippen molar-refractivity contribution in [3.63, 3.8) is 0 Å². The Kier molecular flexibility index (Phi) is 5.27. The van der Waals surface area contributed by atoms with E-state index in [-0.39, 0.29) is 11.9 Å². The first-order chi connectivity index (χ1) is 12.4. The lowest BCUT2D eigenvalue weighted by Gasteiger charge is -2.14. The van der Waals surface area contributed by atoms with Crippen LogP contribution in [0.1, 0.15) is 42.7 Å². The van der Waals surface area contributed by atoms with Crippen LogP contribution in [0.15, 0.2) is 35.2 Å². The van der Waals surface area contributed by atoms with Crippen LogP contribution in [-0.4, -0.2) is 27.0 Å². The van der Waals surface area contributed by atoms with Gasteiger partial charge in [0.25, 0.3) is 5.91 Å². The molecule has 0 saturated carbocycles. The molecule has 0 atom stereocenters. The first kappa shape index (κ1) is 18.4. The van der Waals surface area contributed by atoms with Crippen LogP contribution in [0.25, 0.3) is 11.0 Å². The number of imidazole rings is 1. The molecule has 26 heavy (non-hydrogen) atoms. The first-order valence-corrected chi connectivity index (χ1v) is 9.39. The number of aromatic nitrogens is 3. The fourth-order valence-corrected chi connectivity index (χ4v) is 3.24. The molecule has 0 bridgehead atoms. The minimum absolute atomic E-state index is 0.0757. The van der Waals surface area contributed by atoms with Crippen molar-refractivity contribution < 1.29 is 4.79 Å². The molecule has 7 heteroatoms. The maximum atomic E-state index is 12.3. The Balaban J connectivity index is 2.05. The Morgan fingerprint density at radius 3 is 2.77 bits per heavy atom. The highest BCUT2D eigenvalue weighted by atomic mass is 79.9. The predicted molar refractivity (Wildman–Crippen MR) is 108 cm³/mol. The molecular weight excluding hydrogens is 394 g/mol. The largest absolute Gasteiger partial charge is 0.352 e. The molecule has 1 amide bonds. The zero-order valence-corrected chi connectivity index (χ0v) is 16.9. The summed E-state index contributed by atoms with van der Waals surface area (Å²) in [5.74, 6) is 0.625. The van der Waals surface area contributed by atoms with Gasteiger partial charge in [0.05, 0.1) is 11.8 Å². The number of anilines is 2. The van der Waals surface area contributed by atoms with E-state index in [0.717, 1.165) is 22.3 Å². The zero-order valence-electron chi connectivity index (χ0n) is 15.3. The first-order valence-electron chi connectivity index (χ1n) is 8.59. The number of carbonyl (C=O) groups excluding carboxylic acids is 1. The molecule has 0 unspecified atom stereocenters. The smallest absolute Gasteiger partial charge is 0.251 e. The molecule has 136 valence electrons. The van der Waals surface area contributed by atoms with Crippen LogP contribution in [0.4, 0.5) is 11.5 Å².